The van der Waals surface area contributed by atoms with Crippen LogP contribution in [0.15, 0.2) is 36.5 Å². The molecule has 0 bridgehead atoms. The molecular weight excluding hydrogens is 302 g/mol. The number of nitrogens with zero attached hydrogens (tertiary/aromatic N) is 1. The van der Waals surface area contributed by atoms with Crippen molar-refractivity contribution in [3.63, 3.8) is 0 Å². The van der Waals surface area contributed by atoms with Gasteiger partial charge in [-0.25, -0.2) is 0 Å². The average molecular weight is 323 g/mol. The Bertz CT molecular complexity index is 755. The highest BCUT2D eigenvalue weighted by atomic mass is 16.5. The van der Waals surface area contributed by atoms with Crippen LogP contribution in [0.3, 0.4) is 0 Å². The van der Waals surface area contributed by atoms with Gasteiger partial charge in [-0.3, -0.25) is 9.78 Å². The molecule has 1 aromatic heterocycles. The van der Waals surface area contributed by atoms with Gasteiger partial charge in [-0.1, -0.05) is 12.1 Å². The molecule has 2 aliphatic heterocycles. The van der Waals surface area contributed by atoms with E-state index in [2.05, 4.69) is 16.4 Å². The Kier molecular flexibility index (Phi) is 3.94. The smallest absolute Gasteiger partial charge is 0.252 e. The number of piperidine rings is 1. The molecule has 1 fully saturated rings. The van der Waals surface area contributed by atoms with E-state index in [9.17, 15) is 4.79 Å². The highest BCUT2D eigenvalue weighted by Crippen LogP contribution is 2.44. The molecule has 24 heavy (non-hydrogen) atoms. The Hall–Kier alpha value is -2.40. The van der Waals surface area contributed by atoms with Gasteiger partial charge in [-0.15, -0.1) is 0 Å². The number of ether oxygens (including phenoxy) is 1. The summed E-state index contributed by atoms with van der Waals surface area (Å²) in [6.45, 7) is 2.06. The summed E-state index contributed by atoms with van der Waals surface area (Å²) in [5.74, 6) is 0.729. The van der Waals surface area contributed by atoms with Crippen LogP contribution in [-0.4, -0.2) is 24.0 Å². The van der Waals surface area contributed by atoms with Crippen LogP contribution in [0.1, 0.15) is 52.0 Å². The van der Waals surface area contributed by atoms with Crippen molar-refractivity contribution in [3.05, 3.63) is 58.9 Å². The molecule has 1 unspecified atom stereocenters. The minimum Gasteiger partial charge on any atom is -0.483 e. The Labute approximate surface area is 141 Å². The minimum atomic E-state index is -0.440. The van der Waals surface area contributed by atoms with Crippen molar-refractivity contribution in [3.8, 4) is 5.75 Å². The quantitative estimate of drug-likeness (QED) is 0.909. The second-order valence-corrected chi connectivity index (χ2v) is 6.46. The van der Waals surface area contributed by atoms with Crippen molar-refractivity contribution >= 4 is 5.91 Å². The molecule has 0 aliphatic carbocycles. The summed E-state index contributed by atoms with van der Waals surface area (Å²) in [6.07, 6.45) is 4.58. The number of hydrogen-bond donors (Lipinski definition) is 2. The highest BCUT2D eigenvalue weighted by Gasteiger charge is 2.33. The summed E-state index contributed by atoms with van der Waals surface area (Å²) in [6, 6.07) is 9.70. The molecule has 0 saturated carbocycles. The Morgan fingerprint density at radius 3 is 2.75 bits per heavy atom. The number of pyridine rings is 1. The number of carbonyl (C=O) groups is 1. The summed E-state index contributed by atoms with van der Waals surface area (Å²) in [7, 11) is 0. The molecule has 124 valence electrons. The van der Waals surface area contributed by atoms with E-state index >= 15 is 0 Å². The lowest BCUT2D eigenvalue weighted by Crippen LogP contribution is -2.27. The zero-order valence-electron chi connectivity index (χ0n) is 13.5. The van der Waals surface area contributed by atoms with E-state index in [1.165, 1.54) is 5.56 Å². The maximum atomic E-state index is 11.8. The maximum Gasteiger partial charge on any atom is 0.252 e. The molecule has 5 nitrogen and oxygen atoms in total. The number of rotatable bonds is 3. The van der Waals surface area contributed by atoms with Crippen molar-refractivity contribution in [2.75, 3.05) is 13.1 Å². The van der Waals surface area contributed by atoms with Gasteiger partial charge in [0, 0.05) is 18.2 Å². The van der Waals surface area contributed by atoms with Crippen molar-refractivity contribution < 1.29 is 9.53 Å². The Morgan fingerprint density at radius 2 is 2.04 bits per heavy atom. The zero-order valence-corrected chi connectivity index (χ0v) is 13.5. The van der Waals surface area contributed by atoms with Crippen molar-refractivity contribution in [2.24, 2.45) is 5.73 Å². The molecule has 4 rings (SSSR count). The monoisotopic (exact) mass is 323 g/mol. The molecule has 1 amide bonds. The maximum absolute atomic E-state index is 11.8. The van der Waals surface area contributed by atoms with Crippen molar-refractivity contribution in [2.45, 2.75) is 31.3 Å². The van der Waals surface area contributed by atoms with E-state index in [0.717, 1.165) is 43.6 Å². The Balaban J connectivity index is 1.74. The summed E-state index contributed by atoms with van der Waals surface area (Å²) in [4.78, 5) is 16.2. The minimum absolute atomic E-state index is 0.151. The lowest BCUT2D eigenvalue weighted by Gasteiger charge is -2.25. The van der Waals surface area contributed by atoms with Gasteiger partial charge in [0.2, 0.25) is 0 Å². The molecule has 1 atom stereocenters. The lowest BCUT2D eigenvalue weighted by molar-refractivity contribution is 0.0995. The zero-order chi connectivity index (χ0) is 16.5. The predicted octanol–water partition coefficient (Wildman–Crippen LogP) is 2.32. The van der Waals surface area contributed by atoms with Crippen LogP contribution in [0.4, 0.5) is 0 Å². The van der Waals surface area contributed by atoms with Crippen molar-refractivity contribution in [1.29, 1.82) is 0 Å². The average Bonchev–Trinajstić information content (AvgIpc) is 3.07. The van der Waals surface area contributed by atoms with Crippen LogP contribution >= 0.6 is 0 Å². The molecule has 5 heteroatoms. The summed E-state index contributed by atoms with van der Waals surface area (Å²) in [5.41, 5.74) is 9.35. The highest BCUT2D eigenvalue weighted by molar-refractivity contribution is 5.96. The number of aromatic nitrogens is 1. The molecule has 3 heterocycles. The fraction of sp³-hybridized carbons (Fsp3) is 0.368. The fourth-order valence-corrected chi connectivity index (χ4v) is 3.80. The van der Waals surface area contributed by atoms with E-state index in [1.807, 2.05) is 24.3 Å². The van der Waals surface area contributed by atoms with E-state index in [1.54, 1.807) is 6.20 Å². The van der Waals surface area contributed by atoms with E-state index in [-0.39, 0.29) is 6.10 Å². The number of nitrogens with one attached hydrogen (secondary N) is 1. The lowest BCUT2D eigenvalue weighted by atomic mass is 9.85. The molecule has 2 aromatic rings. The third-order valence-electron chi connectivity index (χ3n) is 5.01. The number of amides is 1. The van der Waals surface area contributed by atoms with Gasteiger partial charge in [-0.05, 0) is 55.6 Å². The first-order valence-electron chi connectivity index (χ1n) is 8.48. The number of hydrogen-bond acceptors (Lipinski definition) is 4. The molecule has 1 saturated heterocycles. The number of fused-ring (bicyclic) bond motifs is 1. The second kappa shape index (κ2) is 6.24. The standard InChI is InChI=1S/C19H21N3O2/c20-19(23)14-5-4-13(12-6-9-21-10-7-12)15-11-17(24-18(14)15)16-3-1-2-8-22-16/h1-5,8,12,17,21H,6-7,9-11H2,(H2,20,23). The molecule has 3 N–H and O–H groups in total. The topological polar surface area (TPSA) is 77.2 Å². The van der Waals surface area contributed by atoms with Gasteiger partial charge in [0.15, 0.2) is 0 Å². The SMILES string of the molecule is NC(=O)c1ccc(C2CCNCC2)c2c1OC(c1ccccn1)C2. The summed E-state index contributed by atoms with van der Waals surface area (Å²) < 4.78 is 6.14. The summed E-state index contributed by atoms with van der Waals surface area (Å²) >= 11 is 0. The molecule has 1 aromatic carbocycles. The number of carbonyl (C=O) groups excluding carboxylic acids is 1. The first-order valence-corrected chi connectivity index (χ1v) is 8.48. The van der Waals surface area contributed by atoms with Crippen molar-refractivity contribution in [1.82, 2.24) is 10.3 Å². The van der Waals surface area contributed by atoms with Gasteiger partial charge in [-0.2, -0.15) is 0 Å². The second-order valence-electron chi connectivity index (χ2n) is 6.46. The van der Waals surface area contributed by atoms with Crippen LogP contribution in [0.2, 0.25) is 0 Å². The molecule has 0 spiro atoms. The van der Waals surface area contributed by atoms with Crippen LogP contribution in [0, 0.1) is 0 Å². The van der Waals surface area contributed by atoms with Gasteiger partial charge in [0.05, 0.1) is 11.3 Å². The van der Waals surface area contributed by atoms with Gasteiger partial charge in [0.25, 0.3) is 5.91 Å². The van der Waals surface area contributed by atoms with Crippen LogP contribution in [-0.2, 0) is 6.42 Å². The normalized spacial score (nSPS) is 20.4. The van der Waals surface area contributed by atoms with E-state index in [4.69, 9.17) is 10.5 Å². The van der Waals surface area contributed by atoms with E-state index < -0.39 is 5.91 Å². The van der Waals surface area contributed by atoms with Gasteiger partial charge < -0.3 is 15.8 Å². The first kappa shape index (κ1) is 15.1. The largest absolute Gasteiger partial charge is 0.483 e. The van der Waals surface area contributed by atoms with Gasteiger partial charge in [0.1, 0.15) is 11.9 Å². The fourth-order valence-electron chi connectivity index (χ4n) is 3.80. The predicted molar refractivity (Wildman–Crippen MR) is 91.1 cm³/mol. The Morgan fingerprint density at radius 1 is 1.21 bits per heavy atom. The number of benzene rings is 1. The molecular formula is C19H21N3O2. The molecule has 2 aliphatic rings. The van der Waals surface area contributed by atoms with Crippen LogP contribution < -0.4 is 15.8 Å². The first-order chi connectivity index (χ1) is 11.7. The third-order valence-corrected chi connectivity index (χ3v) is 5.01. The number of primary amides is 1. The third kappa shape index (κ3) is 2.65. The van der Waals surface area contributed by atoms with Crippen LogP contribution in [0.5, 0.6) is 5.75 Å². The summed E-state index contributed by atoms with van der Waals surface area (Å²) in [5, 5.41) is 3.40. The number of nitrogens with two attached hydrogens (primary N) is 1. The van der Waals surface area contributed by atoms with Crippen LogP contribution in [0.25, 0.3) is 0 Å². The van der Waals surface area contributed by atoms with Gasteiger partial charge >= 0.3 is 0 Å². The molecule has 0 radical (unpaired) electrons. The van der Waals surface area contributed by atoms with E-state index in [0.29, 0.717) is 17.2 Å².